The van der Waals surface area contributed by atoms with Gasteiger partial charge in [0.2, 0.25) is 10.0 Å². The van der Waals surface area contributed by atoms with Crippen LogP contribution in [0.1, 0.15) is 41.0 Å². The smallest absolute Gasteiger partial charge is 0.209 e. The van der Waals surface area contributed by atoms with Gasteiger partial charge in [-0.25, -0.2) is 13.6 Å². The molecule has 0 heterocycles. The van der Waals surface area contributed by atoms with E-state index in [2.05, 4.69) is 0 Å². The van der Waals surface area contributed by atoms with Gasteiger partial charge in [-0.15, -0.1) is 0 Å². The normalized spacial score (nSPS) is 15.4. The Morgan fingerprint density at radius 1 is 1.31 bits per heavy atom. The molecule has 0 aromatic rings. The van der Waals surface area contributed by atoms with Gasteiger partial charge in [-0.3, -0.25) is 0 Å². The Labute approximate surface area is 99.6 Å². The first-order chi connectivity index (χ1) is 7.07. The Bertz CT molecular complexity index is 296. The van der Waals surface area contributed by atoms with Gasteiger partial charge in [-0.05, 0) is 32.1 Å². The van der Waals surface area contributed by atoms with E-state index >= 15 is 0 Å². The number of hydrogen-bond donors (Lipinski definition) is 1. The number of hydrogen-bond acceptors (Lipinski definition) is 3. The van der Waals surface area contributed by atoms with Crippen molar-refractivity contribution in [3.63, 3.8) is 0 Å². The number of primary sulfonamides is 1. The molecule has 0 fully saturated rings. The van der Waals surface area contributed by atoms with Crippen LogP contribution >= 0.6 is 0 Å². The van der Waals surface area contributed by atoms with Crippen LogP contribution in [-0.4, -0.2) is 26.4 Å². The van der Waals surface area contributed by atoms with Gasteiger partial charge in [-0.2, -0.15) is 0 Å². The molecule has 98 valence electrons. The Balaban J connectivity index is 4.37. The number of rotatable bonds is 7. The van der Waals surface area contributed by atoms with Crippen LogP contribution in [0.25, 0.3) is 0 Å². The molecule has 0 aromatic heterocycles. The Hall–Kier alpha value is -0.130. The van der Waals surface area contributed by atoms with Gasteiger partial charge in [0, 0.05) is 0 Å². The average molecular weight is 251 g/mol. The summed E-state index contributed by atoms with van der Waals surface area (Å²) in [5, 5.41) is 5.06. The second kappa shape index (κ2) is 5.98. The molecule has 0 amide bonds. The molecule has 16 heavy (non-hydrogen) atoms. The molecular formula is C11H25NO3S. The molecule has 4 nitrogen and oxygen atoms in total. The summed E-state index contributed by atoms with van der Waals surface area (Å²) >= 11 is 0. The van der Waals surface area contributed by atoms with Gasteiger partial charge in [0.25, 0.3) is 0 Å². The lowest BCUT2D eigenvalue weighted by atomic mass is 9.98. The van der Waals surface area contributed by atoms with Crippen LogP contribution < -0.4 is 5.14 Å². The molecule has 0 saturated carbocycles. The standard InChI is InChI=1S/C11H25NO3S/c1-6-11(4,5)15-7-10(9(2)3)8-16(12,13)14/h9-10H,6-8H2,1-5H3,(H2,12,13,14). The van der Waals surface area contributed by atoms with E-state index in [0.717, 1.165) is 6.42 Å². The quantitative estimate of drug-likeness (QED) is 0.749. The second-order valence-corrected chi connectivity index (χ2v) is 6.92. The van der Waals surface area contributed by atoms with Gasteiger partial charge >= 0.3 is 0 Å². The van der Waals surface area contributed by atoms with Crippen LogP contribution in [-0.2, 0) is 14.8 Å². The van der Waals surface area contributed by atoms with Crippen molar-refractivity contribution < 1.29 is 13.2 Å². The number of ether oxygens (including phenoxy) is 1. The molecule has 0 aliphatic rings. The maximum atomic E-state index is 11.1. The summed E-state index contributed by atoms with van der Waals surface area (Å²) in [6, 6.07) is 0. The topological polar surface area (TPSA) is 69.4 Å². The maximum Gasteiger partial charge on any atom is 0.209 e. The highest BCUT2D eigenvalue weighted by atomic mass is 32.2. The molecule has 0 aliphatic carbocycles. The summed E-state index contributed by atoms with van der Waals surface area (Å²) in [5.74, 6) is 0.191. The highest BCUT2D eigenvalue weighted by Crippen LogP contribution is 2.19. The van der Waals surface area contributed by atoms with E-state index in [4.69, 9.17) is 9.88 Å². The van der Waals surface area contributed by atoms with Crippen LogP contribution in [0.15, 0.2) is 0 Å². The van der Waals surface area contributed by atoms with Gasteiger partial charge in [-0.1, -0.05) is 20.8 Å². The maximum absolute atomic E-state index is 11.1. The molecule has 0 rings (SSSR count). The van der Waals surface area contributed by atoms with E-state index in [0.29, 0.717) is 6.61 Å². The summed E-state index contributed by atoms with van der Waals surface area (Å²) in [5.41, 5.74) is -0.203. The first-order valence-electron chi connectivity index (χ1n) is 5.72. The minimum absolute atomic E-state index is 0.00946. The fraction of sp³-hybridized carbons (Fsp3) is 1.00. The Kier molecular flexibility index (Phi) is 5.93. The summed E-state index contributed by atoms with van der Waals surface area (Å²) in [7, 11) is -3.42. The molecule has 0 radical (unpaired) electrons. The minimum atomic E-state index is -3.42. The lowest BCUT2D eigenvalue weighted by Crippen LogP contribution is -2.33. The average Bonchev–Trinajstić information content (AvgIpc) is 2.10. The lowest BCUT2D eigenvalue weighted by Gasteiger charge is -2.28. The number of sulfonamides is 1. The van der Waals surface area contributed by atoms with E-state index in [1.807, 2.05) is 34.6 Å². The molecule has 0 aliphatic heterocycles. The third-order valence-electron chi connectivity index (χ3n) is 2.93. The van der Waals surface area contributed by atoms with E-state index < -0.39 is 10.0 Å². The first kappa shape index (κ1) is 15.9. The third kappa shape index (κ3) is 7.19. The molecular weight excluding hydrogens is 226 g/mol. The van der Waals surface area contributed by atoms with E-state index in [9.17, 15) is 8.42 Å². The zero-order valence-electron chi connectivity index (χ0n) is 11.0. The van der Waals surface area contributed by atoms with E-state index in [1.165, 1.54) is 0 Å². The second-order valence-electron chi connectivity index (χ2n) is 5.26. The van der Waals surface area contributed by atoms with Crippen molar-refractivity contribution in [3.8, 4) is 0 Å². The van der Waals surface area contributed by atoms with Crippen molar-refractivity contribution >= 4 is 10.0 Å². The summed E-state index contributed by atoms with van der Waals surface area (Å²) < 4.78 is 27.9. The Morgan fingerprint density at radius 3 is 2.12 bits per heavy atom. The molecule has 0 spiro atoms. The van der Waals surface area contributed by atoms with Crippen molar-refractivity contribution in [2.24, 2.45) is 17.0 Å². The highest BCUT2D eigenvalue weighted by molar-refractivity contribution is 7.89. The van der Waals surface area contributed by atoms with Gasteiger partial charge in [0.05, 0.1) is 18.0 Å². The third-order valence-corrected chi connectivity index (χ3v) is 3.82. The van der Waals surface area contributed by atoms with Gasteiger partial charge in [0.15, 0.2) is 0 Å². The summed E-state index contributed by atoms with van der Waals surface area (Å²) in [6.07, 6.45) is 0.896. The molecule has 0 aromatic carbocycles. The monoisotopic (exact) mass is 251 g/mol. The van der Waals surface area contributed by atoms with E-state index in [1.54, 1.807) is 0 Å². The highest BCUT2D eigenvalue weighted by Gasteiger charge is 2.23. The lowest BCUT2D eigenvalue weighted by molar-refractivity contribution is -0.0406. The van der Waals surface area contributed by atoms with Crippen molar-refractivity contribution in [1.29, 1.82) is 0 Å². The van der Waals surface area contributed by atoms with E-state index in [-0.39, 0.29) is 23.2 Å². The summed E-state index contributed by atoms with van der Waals surface area (Å²) in [6.45, 7) is 10.5. The molecule has 0 bridgehead atoms. The SMILES string of the molecule is CCC(C)(C)OCC(CS(N)(=O)=O)C(C)C. The van der Waals surface area contributed by atoms with Crippen molar-refractivity contribution in [2.45, 2.75) is 46.6 Å². The number of nitrogens with two attached hydrogens (primary N) is 1. The first-order valence-corrected chi connectivity index (χ1v) is 7.43. The molecule has 2 N–H and O–H groups in total. The Morgan fingerprint density at radius 2 is 1.81 bits per heavy atom. The van der Waals surface area contributed by atoms with Crippen LogP contribution in [0.5, 0.6) is 0 Å². The van der Waals surface area contributed by atoms with Crippen LogP contribution in [0.3, 0.4) is 0 Å². The fourth-order valence-electron chi connectivity index (χ4n) is 1.17. The van der Waals surface area contributed by atoms with Crippen molar-refractivity contribution in [3.05, 3.63) is 0 Å². The zero-order chi connectivity index (χ0) is 13.0. The van der Waals surface area contributed by atoms with Crippen LogP contribution in [0.2, 0.25) is 0 Å². The molecule has 0 saturated heterocycles. The fourth-order valence-corrected chi connectivity index (χ4v) is 2.24. The van der Waals surface area contributed by atoms with Gasteiger partial charge in [0.1, 0.15) is 0 Å². The molecule has 1 unspecified atom stereocenters. The van der Waals surface area contributed by atoms with Gasteiger partial charge < -0.3 is 4.74 Å². The van der Waals surface area contributed by atoms with Crippen LogP contribution in [0.4, 0.5) is 0 Å². The predicted octanol–water partition coefficient (Wildman–Crippen LogP) is 1.75. The largest absolute Gasteiger partial charge is 0.375 e. The minimum Gasteiger partial charge on any atom is -0.375 e. The van der Waals surface area contributed by atoms with Crippen molar-refractivity contribution in [2.75, 3.05) is 12.4 Å². The summed E-state index contributed by atoms with van der Waals surface area (Å²) in [4.78, 5) is 0. The predicted molar refractivity (Wildman–Crippen MR) is 66.6 cm³/mol. The molecule has 1 atom stereocenters. The molecule has 5 heteroatoms. The van der Waals surface area contributed by atoms with Crippen LogP contribution in [0, 0.1) is 11.8 Å². The van der Waals surface area contributed by atoms with Crippen molar-refractivity contribution in [1.82, 2.24) is 0 Å². The zero-order valence-corrected chi connectivity index (χ0v) is 11.8.